The first-order valence-corrected chi connectivity index (χ1v) is 9.67. The van der Waals surface area contributed by atoms with E-state index in [9.17, 15) is 4.39 Å². The lowest BCUT2D eigenvalue weighted by atomic mass is 10.0. The molecule has 0 amide bonds. The number of para-hydroxylation sites is 1. The average Bonchev–Trinajstić information content (AvgIpc) is 2.68. The van der Waals surface area contributed by atoms with E-state index in [1.165, 1.54) is 6.07 Å². The van der Waals surface area contributed by atoms with Gasteiger partial charge in [-0.25, -0.2) is 4.39 Å². The van der Waals surface area contributed by atoms with Crippen LogP contribution in [-0.2, 0) is 4.74 Å². The van der Waals surface area contributed by atoms with Crippen LogP contribution in [0.3, 0.4) is 0 Å². The van der Waals surface area contributed by atoms with Gasteiger partial charge in [-0.1, -0.05) is 12.1 Å². The number of halogens is 1. The number of aliphatic imine (C=N–C) groups is 1. The molecule has 1 aliphatic rings. The Morgan fingerprint density at radius 3 is 2.63 bits per heavy atom. The number of nitrogens with one attached hydrogen (secondary N) is 2. The highest BCUT2D eigenvalue weighted by Crippen LogP contribution is 2.17. The van der Waals surface area contributed by atoms with Gasteiger partial charge in [-0.15, -0.1) is 0 Å². The van der Waals surface area contributed by atoms with Crippen molar-refractivity contribution in [3.05, 3.63) is 30.1 Å². The molecule has 0 aliphatic carbocycles. The highest BCUT2D eigenvalue weighted by molar-refractivity contribution is 5.79. The number of benzene rings is 1. The van der Waals surface area contributed by atoms with Gasteiger partial charge in [-0.2, -0.15) is 0 Å². The van der Waals surface area contributed by atoms with Crippen molar-refractivity contribution in [2.24, 2.45) is 4.99 Å². The molecule has 1 aromatic carbocycles. The largest absolute Gasteiger partial charge is 0.379 e. The van der Waals surface area contributed by atoms with Gasteiger partial charge < -0.3 is 20.3 Å². The predicted molar refractivity (Wildman–Crippen MR) is 110 cm³/mol. The fraction of sp³-hybridized carbons (Fsp3) is 0.650. The van der Waals surface area contributed by atoms with E-state index in [1.807, 2.05) is 18.0 Å². The summed E-state index contributed by atoms with van der Waals surface area (Å²) in [4.78, 5) is 8.69. The normalized spacial score (nSPS) is 16.3. The Hall–Kier alpha value is -1.86. The number of hydrogen-bond acceptors (Lipinski definition) is 4. The molecular formula is C20H34FN5O. The van der Waals surface area contributed by atoms with Crippen LogP contribution in [-0.4, -0.2) is 76.4 Å². The van der Waals surface area contributed by atoms with Gasteiger partial charge in [0.05, 0.1) is 18.9 Å². The molecule has 1 aromatic rings. The van der Waals surface area contributed by atoms with Crippen molar-refractivity contribution in [3.8, 4) is 0 Å². The second-order valence-electron chi connectivity index (χ2n) is 7.49. The zero-order chi connectivity index (χ0) is 19.7. The summed E-state index contributed by atoms with van der Waals surface area (Å²) in [6.07, 6.45) is 0.887. The third-order valence-corrected chi connectivity index (χ3v) is 5.01. The minimum Gasteiger partial charge on any atom is -0.379 e. The number of hydrogen-bond donors (Lipinski definition) is 2. The molecule has 0 bridgehead atoms. The Morgan fingerprint density at radius 1 is 1.26 bits per heavy atom. The number of rotatable bonds is 8. The quantitative estimate of drug-likeness (QED) is 0.411. The maximum atomic E-state index is 13.8. The number of morpholine rings is 1. The zero-order valence-corrected chi connectivity index (χ0v) is 17.1. The lowest BCUT2D eigenvalue weighted by Crippen LogP contribution is -2.56. The first kappa shape index (κ1) is 21.4. The van der Waals surface area contributed by atoms with Crippen LogP contribution in [0.2, 0.25) is 0 Å². The minimum atomic E-state index is -0.184. The van der Waals surface area contributed by atoms with Gasteiger partial charge >= 0.3 is 0 Å². The van der Waals surface area contributed by atoms with E-state index in [2.05, 4.69) is 34.4 Å². The Bertz CT molecular complexity index is 602. The van der Waals surface area contributed by atoms with Gasteiger partial charge in [0.2, 0.25) is 0 Å². The Morgan fingerprint density at radius 2 is 1.96 bits per heavy atom. The van der Waals surface area contributed by atoms with Gasteiger partial charge in [0.1, 0.15) is 5.82 Å². The molecule has 2 N–H and O–H groups in total. The first-order chi connectivity index (χ1) is 12.9. The predicted octanol–water partition coefficient (Wildman–Crippen LogP) is 1.93. The SMILES string of the molecule is CN=C(NCCCN(C)c1ccccc1F)NCC(C)(C)N1CCOCC1. The zero-order valence-electron chi connectivity index (χ0n) is 17.1. The summed E-state index contributed by atoms with van der Waals surface area (Å²) in [5, 5.41) is 6.76. The fourth-order valence-electron chi connectivity index (χ4n) is 3.21. The Balaban J connectivity index is 1.70. The van der Waals surface area contributed by atoms with E-state index in [1.54, 1.807) is 19.2 Å². The molecule has 1 saturated heterocycles. The van der Waals surface area contributed by atoms with Gasteiger partial charge in [-0.3, -0.25) is 9.89 Å². The topological polar surface area (TPSA) is 52.1 Å². The average molecular weight is 380 g/mol. The van der Waals surface area contributed by atoms with E-state index in [0.29, 0.717) is 5.69 Å². The van der Waals surface area contributed by atoms with Crippen LogP contribution >= 0.6 is 0 Å². The molecule has 27 heavy (non-hydrogen) atoms. The molecule has 1 fully saturated rings. The van der Waals surface area contributed by atoms with Crippen LogP contribution < -0.4 is 15.5 Å². The second kappa shape index (κ2) is 10.5. The Kier molecular flexibility index (Phi) is 8.31. The maximum absolute atomic E-state index is 13.8. The van der Waals surface area contributed by atoms with Gasteiger partial charge in [-0.05, 0) is 32.4 Å². The van der Waals surface area contributed by atoms with Crippen LogP contribution in [0.1, 0.15) is 20.3 Å². The molecule has 7 heteroatoms. The van der Waals surface area contributed by atoms with Crippen LogP contribution in [0.15, 0.2) is 29.3 Å². The van der Waals surface area contributed by atoms with Crippen molar-refractivity contribution in [1.82, 2.24) is 15.5 Å². The molecule has 0 spiro atoms. The highest BCUT2D eigenvalue weighted by Gasteiger charge is 2.28. The van der Waals surface area contributed by atoms with E-state index in [-0.39, 0.29) is 11.4 Å². The summed E-state index contributed by atoms with van der Waals surface area (Å²) < 4.78 is 19.2. The second-order valence-corrected chi connectivity index (χ2v) is 7.49. The smallest absolute Gasteiger partial charge is 0.191 e. The molecule has 0 aromatic heterocycles. The molecule has 152 valence electrons. The summed E-state index contributed by atoms with van der Waals surface area (Å²) >= 11 is 0. The van der Waals surface area contributed by atoms with Crippen molar-refractivity contribution in [3.63, 3.8) is 0 Å². The molecule has 0 unspecified atom stereocenters. The number of anilines is 1. The summed E-state index contributed by atoms with van der Waals surface area (Å²) in [6, 6.07) is 6.86. The Labute approximate surface area is 162 Å². The van der Waals surface area contributed by atoms with Crippen molar-refractivity contribution in [1.29, 1.82) is 0 Å². The summed E-state index contributed by atoms with van der Waals surface area (Å²) in [7, 11) is 3.69. The van der Waals surface area contributed by atoms with Gasteiger partial charge in [0.25, 0.3) is 0 Å². The molecule has 1 heterocycles. The minimum absolute atomic E-state index is 0.0342. The van der Waals surface area contributed by atoms with E-state index < -0.39 is 0 Å². The first-order valence-electron chi connectivity index (χ1n) is 9.67. The molecule has 0 radical (unpaired) electrons. The van der Waals surface area contributed by atoms with Crippen LogP contribution in [0, 0.1) is 5.82 Å². The highest BCUT2D eigenvalue weighted by atomic mass is 19.1. The molecule has 0 atom stereocenters. The molecule has 0 saturated carbocycles. The third kappa shape index (κ3) is 6.66. The van der Waals surface area contributed by atoms with Gasteiger partial charge in [0.15, 0.2) is 5.96 Å². The lowest BCUT2D eigenvalue weighted by Gasteiger charge is -2.41. The molecular weight excluding hydrogens is 345 g/mol. The third-order valence-electron chi connectivity index (χ3n) is 5.01. The van der Waals surface area contributed by atoms with E-state index in [0.717, 1.165) is 58.3 Å². The van der Waals surface area contributed by atoms with E-state index in [4.69, 9.17) is 4.74 Å². The molecule has 2 rings (SSSR count). The summed E-state index contributed by atoms with van der Waals surface area (Å²) in [5.74, 6) is 0.612. The molecule has 1 aliphatic heterocycles. The summed E-state index contributed by atoms with van der Waals surface area (Å²) in [5.41, 5.74) is 0.666. The molecule has 6 nitrogen and oxygen atoms in total. The van der Waals surface area contributed by atoms with Crippen molar-refractivity contribution in [2.45, 2.75) is 25.8 Å². The van der Waals surface area contributed by atoms with Crippen LogP contribution in [0.25, 0.3) is 0 Å². The van der Waals surface area contributed by atoms with Crippen molar-refractivity contribution < 1.29 is 9.13 Å². The van der Waals surface area contributed by atoms with E-state index >= 15 is 0 Å². The van der Waals surface area contributed by atoms with Crippen molar-refractivity contribution in [2.75, 3.05) is 64.9 Å². The summed E-state index contributed by atoms with van der Waals surface area (Å²) in [6.45, 7) is 10.3. The number of nitrogens with zero attached hydrogens (tertiary/aromatic N) is 3. The lowest BCUT2D eigenvalue weighted by molar-refractivity contribution is -0.00833. The standard InChI is InChI=1S/C20H34FN5O/c1-20(2,26-12-14-27-15-13-26)16-24-19(22-3)23-10-7-11-25(4)18-9-6-5-8-17(18)21/h5-6,8-9H,7,10-16H2,1-4H3,(H2,22,23,24). The monoisotopic (exact) mass is 379 g/mol. The number of ether oxygens (including phenoxy) is 1. The van der Waals surface area contributed by atoms with Crippen LogP contribution in [0.5, 0.6) is 0 Å². The number of guanidine groups is 1. The maximum Gasteiger partial charge on any atom is 0.191 e. The van der Waals surface area contributed by atoms with Crippen molar-refractivity contribution >= 4 is 11.6 Å². The fourth-order valence-corrected chi connectivity index (χ4v) is 3.21. The van der Waals surface area contributed by atoms with Gasteiger partial charge in [0, 0.05) is 52.4 Å². The van der Waals surface area contributed by atoms with Crippen LogP contribution in [0.4, 0.5) is 10.1 Å².